The molecule has 2 heterocycles. The predicted octanol–water partition coefficient (Wildman–Crippen LogP) is 10.2. The second-order valence-electron chi connectivity index (χ2n) is 15.2. The van der Waals surface area contributed by atoms with Crippen molar-refractivity contribution in [1.82, 2.24) is 4.90 Å². The number of alkyl halides is 1. The number of allylic oxidation sites excluding steroid dienone is 12. The second kappa shape index (κ2) is 10.8. The summed E-state index contributed by atoms with van der Waals surface area (Å²) in [6.07, 6.45) is 34.9. The summed E-state index contributed by atoms with van der Waals surface area (Å²) < 4.78 is 0.718. The molecule has 2 fully saturated rings. The molecule has 2 saturated carbocycles. The van der Waals surface area contributed by atoms with Crippen LogP contribution in [0.3, 0.4) is 0 Å². The summed E-state index contributed by atoms with van der Waals surface area (Å²) in [7, 11) is 0. The zero-order chi connectivity index (χ0) is 28.6. The zero-order valence-corrected chi connectivity index (χ0v) is 28.2. The first-order chi connectivity index (χ1) is 20.4. The van der Waals surface area contributed by atoms with Crippen LogP contribution in [0.1, 0.15) is 97.8 Å². The molecule has 0 aromatic heterocycles. The number of fused-ring (bicyclic) bond motifs is 5. The summed E-state index contributed by atoms with van der Waals surface area (Å²) in [6, 6.07) is 0.604. The molecule has 0 N–H and O–H groups in total. The van der Waals surface area contributed by atoms with E-state index in [1.807, 2.05) is 11.1 Å². The minimum absolute atomic E-state index is 0.254. The molecule has 0 radical (unpaired) electrons. The maximum Gasteiger partial charge on any atom is 0.125 e. The van der Waals surface area contributed by atoms with Crippen LogP contribution in [0.4, 0.5) is 0 Å². The Morgan fingerprint density at radius 2 is 1.83 bits per heavy atom. The highest BCUT2D eigenvalue weighted by Crippen LogP contribution is 2.62. The van der Waals surface area contributed by atoms with Crippen LogP contribution < -0.4 is 0 Å². The Kier molecular flexibility index (Phi) is 7.15. The Labute approximate surface area is 268 Å². The number of aliphatic imine (C=N–C) groups is 1. The molecular weight excluding hydrogens is 623 g/mol. The lowest BCUT2D eigenvalue weighted by Gasteiger charge is -2.45. The predicted molar refractivity (Wildman–Crippen MR) is 185 cm³/mol. The van der Waals surface area contributed by atoms with Crippen LogP contribution in [0.5, 0.6) is 0 Å². The topological polar surface area (TPSA) is 15.6 Å². The summed E-state index contributed by atoms with van der Waals surface area (Å²) in [5.74, 6) is 3.66. The van der Waals surface area contributed by atoms with Crippen LogP contribution in [-0.2, 0) is 0 Å². The highest BCUT2D eigenvalue weighted by Gasteiger charge is 2.54. The molecule has 0 saturated heterocycles. The van der Waals surface area contributed by atoms with Gasteiger partial charge < -0.3 is 4.90 Å². The van der Waals surface area contributed by atoms with Gasteiger partial charge in [-0.05, 0) is 128 Å². The van der Waals surface area contributed by atoms with E-state index in [1.54, 1.807) is 16.8 Å². The maximum absolute atomic E-state index is 5.55. The Morgan fingerprint density at radius 3 is 2.69 bits per heavy atom. The van der Waals surface area contributed by atoms with E-state index in [0.29, 0.717) is 23.8 Å². The molecule has 8 aliphatic rings. The van der Waals surface area contributed by atoms with Crippen molar-refractivity contribution in [3.63, 3.8) is 0 Å². The van der Waals surface area contributed by atoms with Gasteiger partial charge in [-0.3, -0.25) is 4.99 Å². The lowest BCUT2D eigenvalue weighted by molar-refractivity contribution is 0.126. The minimum atomic E-state index is 0.254. The highest BCUT2D eigenvalue weighted by molar-refractivity contribution is 14.1. The van der Waals surface area contributed by atoms with E-state index in [4.69, 9.17) is 4.99 Å². The van der Waals surface area contributed by atoms with Crippen LogP contribution in [0.2, 0.25) is 0 Å². The fraction of sp³-hybridized carbons (Fsp3) is 0.615. The molecular formula is C39H49IN2. The fourth-order valence-electron chi connectivity index (χ4n) is 10.7. The maximum atomic E-state index is 5.55. The Balaban J connectivity index is 1.17. The molecule has 222 valence electrons. The Morgan fingerprint density at radius 1 is 0.929 bits per heavy atom. The molecule has 0 aromatic rings. The average Bonchev–Trinajstić information content (AvgIpc) is 3.46. The molecule has 0 amide bonds. The molecule has 0 spiro atoms. The van der Waals surface area contributed by atoms with Gasteiger partial charge in [-0.2, -0.15) is 0 Å². The summed E-state index contributed by atoms with van der Waals surface area (Å²) >= 11 is 2.90. The monoisotopic (exact) mass is 672 g/mol. The van der Waals surface area contributed by atoms with Gasteiger partial charge in [-0.25, -0.2) is 0 Å². The highest BCUT2D eigenvalue weighted by atomic mass is 127. The molecule has 8 unspecified atom stereocenters. The van der Waals surface area contributed by atoms with Gasteiger partial charge in [-0.15, -0.1) is 0 Å². The van der Waals surface area contributed by atoms with E-state index in [-0.39, 0.29) is 11.6 Å². The quantitative estimate of drug-likeness (QED) is 0.166. The third-order valence-electron chi connectivity index (χ3n) is 12.4. The SMILES string of the molecule is CC1CCC2=C(C1)N(C1CC=CC(C3=CCCC=C3)=N1)C1CC(C3=C4C(=CCC3)C3CCC=CC3C4(C)C)CC(I)C21. The van der Waals surface area contributed by atoms with E-state index < -0.39 is 0 Å². The van der Waals surface area contributed by atoms with Gasteiger partial charge in [0.2, 0.25) is 0 Å². The van der Waals surface area contributed by atoms with Crippen molar-refractivity contribution in [3.05, 3.63) is 82.2 Å². The Bertz CT molecular complexity index is 1390. The van der Waals surface area contributed by atoms with E-state index in [0.717, 1.165) is 35.0 Å². The van der Waals surface area contributed by atoms with Crippen LogP contribution in [0.15, 0.2) is 87.2 Å². The molecule has 0 aromatic carbocycles. The van der Waals surface area contributed by atoms with E-state index in [1.165, 1.54) is 69.1 Å². The standard InChI is InChI=1S/C39H49IN2/c1-24-19-20-30-34(21-24)42(36-18-10-17-33(41-36)25-11-5-4-6-12-25)35-23-26(22-32(40)37(30)35)27-14-9-15-29-28-13-7-8-16-31(28)39(2,3)38(27)29/h5,8,10-12,15-17,24,26,28,31-32,35-37H,4,6-7,9,13-14,18-23H2,1-3H3. The first kappa shape index (κ1) is 27.9. The number of hydrogen-bond donors (Lipinski definition) is 0. The molecule has 42 heavy (non-hydrogen) atoms. The lowest BCUT2D eigenvalue weighted by atomic mass is 9.67. The van der Waals surface area contributed by atoms with Crippen molar-refractivity contribution >= 4 is 28.3 Å². The third-order valence-corrected chi connectivity index (χ3v) is 13.7. The van der Waals surface area contributed by atoms with Crippen LogP contribution >= 0.6 is 22.6 Å². The number of rotatable bonds is 3. The summed E-state index contributed by atoms with van der Waals surface area (Å²) in [6.45, 7) is 7.65. The normalized spacial score (nSPS) is 40.3. The average molecular weight is 673 g/mol. The molecule has 8 rings (SSSR count). The van der Waals surface area contributed by atoms with Gasteiger partial charge in [-0.1, -0.05) is 91.5 Å². The molecule has 6 aliphatic carbocycles. The lowest BCUT2D eigenvalue weighted by Crippen LogP contribution is -2.48. The molecule has 8 atom stereocenters. The number of halogens is 1. The number of dihydropyridines is 1. The largest absolute Gasteiger partial charge is 0.349 e. The van der Waals surface area contributed by atoms with Crippen molar-refractivity contribution in [2.75, 3.05) is 0 Å². The molecule has 2 nitrogen and oxygen atoms in total. The molecule has 0 bridgehead atoms. The van der Waals surface area contributed by atoms with Crippen molar-refractivity contribution < 1.29 is 0 Å². The Hall–Kier alpha value is -1.62. The van der Waals surface area contributed by atoms with Gasteiger partial charge in [0, 0.05) is 28.0 Å². The van der Waals surface area contributed by atoms with Gasteiger partial charge in [0.1, 0.15) is 6.17 Å². The fourth-order valence-corrected chi connectivity index (χ4v) is 12.2. The van der Waals surface area contributed by atoms with Crippen molar-refractivity contribution in [1.29, 1.82) is 0 Å². The van der Waals surface area contributed by atoms with Gasteiger partial charge in [0.25, 0.3) is 0 Å². The van der Waals surface area contributed by atoms with E-state index in [9.17, 15) is 0 Å². The smallest absolute Gasteiger partial charge is 0.125 e. The summed E-state index contributed by atoms with van der Waals surface area (Å²) in [4.78, 5) is 8.48. The number of nitrogens with zero attached hydrogens (tertiary/aromatic N) is 2. The first-order valence-electron chi connectivity index (χ1n) is 17.3. The van der Waals surface area contributed by atoms with E-state index >= 15 is 0 Å². The van der Waals surface area contributed by atoms with Gasteiger partial charge >= 0.3 is 0 Å². The summed E-state index contributed by atoms with van der Waals surface area (Å²) in [5, 5.41) is 0. The van der Waals surface area contributed by atoms with Crippen LogP contribution in [0.25, 0.3) is 0 Å². The van der Waals surface area contributed by atoms with Crippen LogP contribution in [-0.4, -0.2) is 26.7 Å². The number of hydrogen-bond acceptors (Lipinski definition) is 2. The van der Waals surface area contributed by atoms with Gasteiger partial charge in [0.05, 0.1) is 5.71 Å². The van der Waals surface area contributed by atoms with Crippen LogP contribution in [0, 0.1) is 35.0 Å². The zero-order valence-electron chi connectivity index (χ0n) is 26.0. The van der Waals surface area contributed by atoms with Crippen molar-refractivity contribution in [2.45, 2.75) is 114 Å². The van der Waals surface area contributed by atoms with E-state index in [2.05, 4.69) is 96.9 Å². The molecule has 2 aliphatic heterocycles. The molecule has 3 heteroatoms. The minimum Gasteiger partial charge on any atom is -0.349 e. The van der Waals surface area contributed by atoms with Crippen molar-refractivity contribution in [2.24, 2.45) is 40.0 Å². The second-order valence-corrected chi connectivity index (χ2v) is 16.8. The van der Waals surface area contributed by atoms with Gasteiger partial charge in [0.15, 0.2) is 0 Å². The first-order valence-corrected chi connectivity index (χ1v) is 18.5. The van der Waals surface area contributed by atoms with Crippen molar-refractivity contribution in [3.8, 4) is 0 Å². The third kappa shape index (κ3) is 4.40. The summed E-state index contributed by atoms with van der Waals surface area (Å²) in [5.41, 5.74) is 11.8.